The number of hydrogen-bond donors (Lipinski definition) is 18. The molecule has 1 aromatic carbocycles. The Labute approximate surface area is 727 Å². The van der Waals surface area contributed by atoms with Crippen molar-refractivity contribution in [3.05, 3.63) is 161 Å². The van der Waals surface area contributed by atoms with Crippen LogP contribution in [0.4, 0.5) is 0 Å². The van der Waals surface area contributed by atoms with Crippen LogP contribution < -0.4 is 0 Å². The zero-order valence-electron chi connectivity index (χ0n) is 68.5. The monoisotopic (exact) mass is 1890 g/mol. The number of hydrogen-bond acceptors (Lipinski definition) is 39. The molecule has 1 aliphatic rings. The van der Waals surface area contributed by atoms with E-state index in [9.17, 15) is 110 Å². The van der Waals surface area contributed by atoms with E-state index in [-0.39, 0.29) is 159 Å². The first kappa shape index (κ1) is 131. The van der Waals surface area contributed by atoms with Crippen LogP contribution in [-0.2, 0) is 129 Å². The molecular formula is C74H110N2O48P2S. The van der Waals surface area contributed by atoms with Gasteiger partial charge in [0.05, 0.1) is 87.9 Å². The second-order valence-electron chi connectivity index (χ2n) is 22.3. The van der Waals surface area contributed by atoms with Crippen LogP contribution in [0.15, 0.2) is 145 Å². The Morgan fingerprint density at radius 2 is 0.898 bits per heavy atom. The van der Waals surface area contributed by atoms with E-state index in [2.05, 4.69) is 103 Å². The number of esters is 8. The SMILES string of the molecule is C=CC(=O)CCC(O)C(O)C(O)C(O)CO.C=CC(=O)CCCP(=O)(O)O.C=CC(=O)N(CCO)CCO.C=CC(=O)N1CCOCC1.C=CC(=O)OCC(O)O.C=CC(=O)OCCC(=O)O.C=CC(=O)OCCOC(=O)CCC(=O)O.C=CC(=O)OCCOC(=O)c1cc(C(=O)O)ccc1C(=O)O.C=CC(=O)OCCOP(=O)(O)O.C=CC(=O)OCCS(=O)(=O)O. The van der Waals surface area contributed by atoms with Gasteiger partial charge in [-0.15, -0.1) is 0 Å². The van der Waals surface area contributed by atoms with Crippen molar-refractivity contribution in [1.82, 2.24) is 9.80 Å². The van der Waals surface area contributed by atoms with E-state index in [1.807, 2.05) is 0 Å². The number of rotatable bonds is 49. The summed E-state index contributed by atoms with van der Waals surface area (Å²) in [7, 11) is -12.4. The van der Waals surface area contributed by atoms with Gasteiger partial charge in [-0.2, -0.15) is 8.42 Å². The van der Waals surface area contributed by atoms with Crippen LogP contribution in [0.2, 0.25) is 0 Å². The Kier molecular flexibility index (Phi) is 83.8. The summed E-state index contributed by atoms with van der Waals surface area (Å²) >= 11 is 0. The van der Waals surface area contributed by atoms with Crippen LogP contribution in [-0.4, -0.2) is 365 Å². The largest absolute Gasteiger partial charge is 0.481 e. The highest BCUT2D eigenvalue weighted by Crippen LogP contribution is 2.36. The Morgan fingerprint density at radius 1 is 0.480 bits per heavy atom. The van der Waals surface area contributed by atoms with E-state index in [4.69, 9.17) is 84.7 Å². The highest BCUT2D eigenvalue weighted by atomic mass is 32.2. The summed E-state index contributed by atoms with van der Waals surface area (Å²) in [6, 6.07) is 2.97. The van der Waals surface area contributed by atoms with Crippen molar-refractivity contribution in [3.63, 3.8) is 0 Å². The molecule has 0 saturated carbocycles. The van der Waals surface area contributed by atoms with Crippen molar-refractivity contribution in [2.45, 2.75) is 75.7 Å². The number of morpholine rings is 1. The van der Waals surface area contributed by atoms with Gasteiger partial charge < -0.3 is 138 Å². The molecule has 0 radical (unpaired) electrons. The molecule has 0 aliphatic carbocycles. The second kappa shape index (κ2) is 81.4. The molecule has 1 fully saturated rings. The van der Waals surface area contributed by atoms with Crippen LogP contribution in [0.1, 0.15) is 76.0 Å². The molecule has 0 aromatic heterocycles. The molecule has 1 saturated heterocycles. The molecule has 50 nitrogen and oxygen atoms in total. The number of ketones is 2. The third-order valence-corrected chi connectivity index (χ3v) is 14.7. The Bertz CT molecular complexity index is 3860. The molecule has 4 unspecified atom stereocenters. The van der Waals surface area contributed by atoms with E-state index >= 15 is 0 Å². The fourth-order valence-electron chi connectivity index (χ4n) is 6.56. The van der Waals surface area contributed by atoms with Crippen LogP contribution >= 0.6 is 15.4 Å². The van der Waals surface area contributed by atoms with Gasteiger partial charge in [-0.1, -0.05) is 65.8 Å². The third kappa shape index (κ3) is 90.4. The summed E-state index contributed by atoms with van der Waals surface area (Å²) in [4.78, 5) is 206. The predicted molar refractivity (Wildman–Crippen MR) is 436 cm³/mol. The maximum Gasteiger partial charge on any atom is 0.469 e. The molecule has 0 bridgehead atoms. The number of aliphatic carboxylic acids is 2. The zero-order valence-corrected chi connectivity index (χ0v) is 71.2. The van der Waals surface area contributed by atoms with Gasteiger partial charge in [-0.25, -0.2) is 47.7 Å². The van der Waals surface area contributed by atoms with Crippen molar-refractivity contribution < 1.29 is 232 Å². The number of aromatic carboxylic acids is 2. The lowest BCUT2D eigenvalue weighted by atomic mass is 9.99. The molecule has 2 rings (SSSR count). The molecule has 4 atom stereocenters. The van der Waals surface area contributed by atoms with Crippen molar-refractivity contribution in [2.24, 2.45) is 0 Å². The minimum absolute atomic E-state index is 0.00306. The number of amides is 2. The fraction of sp³-hybridized carbons (Fsp3) is 0.432. The van der Waals surface area contributed by atoms with Crippen molar-refractivity contribution in [3.8, 4) is 0 Å². The Balaban J connectivity index is -0.000000209. The van der Waals surface area contributed by atoms with E-state index in [1.54, 1.807) is 4.90 Å². The number of allylic oxidation sites excluding steroid dienone is 2. The number of aliphatic hydroxyl groups excluding tert-OH is 8. The lowest BCUT2D eigenvalue weighted by molar-refractivity contribution is -0.151. The molecule has 0 spiro atoms. The molecule has 127 heavy (non-hydrogen) atoms. The Hall–Kier alpha value is -11.7. The fourth-order valence-corrected chi connectivity index (χ4v) is 7.74. The minimum atomic E-state index is -4.45. The first-order valence-electron chi connectivity index (χ1n) is 35.6. The molecular weight excluding hydrogens is 1780 g/mol. The van der Waals surface area contributed by atoms with Gasteiger partial charge in [0.1, 0.15) is 76.9 Å². The van der Waals surface area contributed by atoms with Gasteiger partial charge >= 0.3 is 87.1 Å². The summed E-state index contributed by atoms with van der Waals surface area (Å²) in [5, 5.41) is 113. The van der Waals surface area contributed by atoms with Crippen LogP contribution in [0.5, 0.6) is 0 Å². The summed E-state index contributed by atoms with van der Waals surface area (Å²) in [5.41, 5.74) is -1.05. The maximum atomic E-state index is 11.8. The number of aliphatic hydroxyl groups is 9. The van der Waals surface area contributed by atoms with Crippen LogP contribution in [0.3, 0.4) is 0 Å². The van der Waals surface area contributed by atoms with E-state index in [0.29, 0.717) is 26.3 Å². The van der Waals surface area contributed by atoms with Crippen LogP contribution in [0, 0.1) is 0 Å². The number of benzene rings is 1. The number of phosphoric acid groups is 1. The van der Waals surface area contributed by atoms with Crippen molar-refractivity contribution >= 4 is 121 Å². The molecule has 1 aliphatic heterocycles. The molecule has 1 aromatic rings. The summed E-state index contributed by atoms with van der Waals surface area (Å²) in [5.74, 6) is -11.7. The summed E-state index contributed by atoms with van der Waals surface area (Å²) in [6.07, 6.45) is 2.16. The Morgan fingerprint density at radius 3 is 1.28 bits per heavy atom. The maximum absolute atomic E-state index is 11.8. The van der Waals surface area contributed by atoms with Gasteiger partial charge in [0.2, 0.25) is 11.8 Å². The molecule has 720 valence electrons. The summed E-state index contributed by atoms with van der Waals surface area (Å²) in [6.45, 7) is 32.1. The zero-order chi connectivity index (χ0) is 99.9. The molecule has 2 amide bonds. The number of nitrogens with zero attached hydrogens (tertiary/aromatic N) is 2. The lowest BCUT2D eigenvalue weighted by Crippen LogP contribution is -2.45. The normalized spacial score (nSPS) is 11.6. The molecule has 1 heterocycles. The molecule has 18 N–H and O–H groups in total. The first-order chi connectivity index (χ1) is 59.1. The smallest absolute Gasteiger partial charge is 0.469 e. The van der Waals surface area contributed by atoms with Gasteiger partial charge in [-0.3, -0.25) is 47.2 Å². The highest BCUT2D eigenvalue weighted by molar-refractivity contribution is 7.85. The predicted octanol–water partition coefficient (Wildman–Crippen LogP) is -2.59. The average Bonchev–Trinajstić information content (AvgIpc) is 0.824. The van der Waals surface area contributed by atoms with Crippen LogP contribution in [0.25, 0.3) is 0 Å². The van der Waals surface area contributed by atoms with Gasteiger partial charge in [0, 0.05) is 75.5 Å². The standard InChI is InChI=1S/C14H12O8.C10H18O6.C9H12O6.C7H13NO3.C7H11NO2.C6H11O4P.C6H8O4.C5H9O6P.C5H8O5S.C5H8O4/c1-2-11(15)21-5-6-22-14(20)10-7-8(12(16)17)3-4-9(10)13(18)19;1-2-6(12)3-4-7(13)9(15)10(16)8(14)5-11;1-2-8(12)14-5-6-15-9(13)4-3-7(10)11;1-2-7(11)8(3-5-9)4-6-10;1-2-7(9)8-3-5-10-6-4-8;1-2-6(7)4-3-5-11(8,9)10;1-2-6(9)10-4-3-5(7)8;1-2-5(6)10-3-4-11-12(7,8)9;1-2-5(6)10-3-4-11(7,8)9;1-2-5(8)9-3-4(6)7/h2-4,7H,1,5-6H2,(H,16,17)(H,18,19);2,7-11,13-16H,1,3-5H2;2H,1,3-6H2,(H,10,11);2,9-10H,1,3-6H2;2H,1,3-6H2;2H,1,3-5H2,(H2,8,9,10);2H,1,3-4H2,(H,7,8);2H,1,3-4H2,(H2,7,8,9);2H,1,3-4H2,(H,7,8,9);2,4,6-7H,1,3H2. The minimum Gasteiger partial charge on any atom is -0.481 e. The number of phosphoric ester groups is 1. The molecule has 53 heteroatoms. The number of carboxylic acid groups (broad SMARTS) is 4. The van der Waals surface area contributed by atoms with Crippen molar-refractivity contribution in [2.75, 3.05) is 131 Å². The van der Waals surface area contributed by atoms with Crippen molar-refractivity contribution in [1.29, 1.82) is 0 Å². The van der Waals surface area contributed by atoms with Gasteiger partial charge in [-0.05, 0) is 55.3 Å². The first-order valence-corrected chi connectivity index (χ1v) is 40.5. The van der Waals surface area contributed by atoms with E-state index < -0.39 is 158 Å². The number of ether oxygens (including phenoxy) is 9. The third-order valence-electron chi connectivity index (χ3n) is 12.6. The quantitative estimate of drug-likeness (QED) is 0.00605. The number of carbonyl (C=O) groups excluding carboxylic acids is 12. The number of carboxylic acids is 4. The van der Waals surface area contributed by atoms with E-state index in [0.717, 1.165) is 72.9 Å². The van der Waals surface area contributed by atoms with E-state index in [1.165, 1.54) is 11.0 Å². The second-order valence-corrected chi connectivity index (χ2v) is 26.9. The number of carbonyl (C=O) groups is 16. The van der Waals surface area contributed by atoms with Gasteiger partial charge in [0.15, 0.2) is 17.9 Å². The topological polar surface area (TPSA) is 804 Å². The average molecular weight is 1890 g/mol. The lowest BCUT2D eigenvalue weighted by Gasteiger charge is -2.25. The summed E-state index contributed by atoms with van der Waals surface area (Å²) < 4.78 is 93.2. The van der Waals surface area contributed by atoms with Gasteiger partial charge in [0.25, 0.3) is 10.1 Å². The highest BCUT2D eigenvalue weighted by Gasteiger charge is 2.30.